The molecule has 0 bridgehead atoms. The van der Waals surface area contributed by atoms with Crippen molar-refractivity contribution in [1.82, 2.24) is 0 Å². The van der Waals surface area contributed by atoms with E-state index in [-0.39, 0.29) is 19.0 Å². The Labute approximate surface area is 215 Å². The summed E-state index contributed by atoms with van der Waals surface area (Å²) in [6.07, 6.45) is 5.26. The molecule has 3 aromatic rings. The first kappa shape index (κ1) is 25.6. The zero-order chi connectivity index (χ0) is 25.7. The summed E-state index contributed by atoms with van der Waals surface area (Å²) < 4.78 is 22.3. The Morgan fingerprint density at radius 2 is 2.08 bits per heavy atom. The number of methoxy groups -OCH3 is 1. The molecule has 8 heteroatoms. The maximum Gasteiger partial charge on any atom is 0.341 e. The van der Waals surface area contributed by atoms with Crippen LogP contribution in [0.15, 0.2) is 47.4 Å². The number of carbonyl (C=O) groups is 2. The fourth-order valence-electron chi connectivity index (χ4n) is 4.27. The number of rotatable bonds is 10. The monoisotopic (exact) mass is 509 g/mol. The molecule has 0 radical (unpaired) electrons. The average molecular weight is 510 g/mol. The van der Waals surface area contributed by atoms with Crippen molar-refractivity contribution < 1.29 is 28.2 Å². The molecule has 1 N–H and O–H groups in total. The molecule has 0 saturated heterocycles. The quantitative estimate of drug-likeness (QED) is 0.258. The molecule has 4 rings (SSSR count). The van der Waals surface area contributed by atoms with Crippen molar-refractivity contribution in [3.63, 3.8) is 0 Å². The molecule has 2 heterocycles. The van der Waals surface area contributed by atoms with Crippen LogP contribution in [0, 0.1) is 5.92 Å². The second-order valence-electron chi connectivity index (χ2n) is 8.76. The number of anilines is 1. The molecular weight excluding hydrogens is 478 g/mol. The molecule has 2 aromatic heterocycles. The standard InChI is InChI=1S/C28H31NO6S/c1-5-7-18-9-12-21(23(15-18)32-4)34-16-19-10-13-22(35-19)26(30)29-27-25(28(31)33-6-2)20-11-8-17(3)14-24(20)36-27/h5,9-10,12-13,15,17H,1,6-8,11,14,16H2,2-4H3,(H,29,30)/t17-/m0/s1. The number of hydrogen-bond acceptors (Lipinski definition) is 7. The molecule has 1 aromatic carbocycles. The van der Waals surface area contributed by atoms with E-state index in [1.54, 1.807) is 26.2 Å². The van der Waals surface area contributed by atoms with Gasteiger partial charge in [-0.1, -0.05) is 19.1 Å². The lowest BCUT2D eigenvalue weighted by Crippen LogP contribution is -2.16. The number of fused-ring (bicyclic) bond motifs is 1. The Morgan fingerprint density at radius 3 is 2.83 bits per heavy atom. The van der Waals surface area contributed by atoms with Gasteiger partial charge in [-0.2, -0.15) is 0 Å². The summed E-state index contributed by atoms with van der Waals surface area (Å²) in [5.74, 6) is 1.52. The highest BCUT2D eigenvalue weighted by molar-refractivity contribution is 7.17. The Hall–Kier alpha value is -3.52. The summed E-state index contributed by atoms with van der Waals surface area (Å²) in [5.41, 5.74) is 2.53. The minimum absolute atomic E-state index is 0.129. The van der Waals surface area contributed by atoms with Gasteiger partial charge in [-0.15, -0.1) is 17.9 Å². The van der Waals surface area contributed by atoms with E-state index in [9.17, 15) is 9.59 Å². The van der Waals surface area contributed by atoms with Crippen LogP contribution >= 0.6 is 11.3 Å². The molecule has 36 heavy (non-hydrogen) atoms. The molecule has 1 aliphatic rings. The van der Waals surface area contributed by atoms with Gasteiger partial charge in [0.2, 0.25) is 0 Å². The minimum atomic E-state index is -0.426. The first-order chi connectivity index (χ1) is 17.4. The largest absolute Gasteiger partial charge is 0.493 e. The van der Waals surface area contributed by atoms with Crippen molar-refractivity contribution in [2.75, 3.05) is 19.0 Å². The van der Waals surface area contributed by atoms with E-state index >= 15 is 0 Å². The number of allylic oxidation sites excluding steroid dienone is 1. The van der Waals surface area contributed by atoms with E-state index in [0.29, 0.717) is 33.7 Å². The lowest BCUT2D eigenvalue weighted by Gasteiger charge is -2.18. The second-order valence-corrected chi connectivity index (χ2v) is 9.87. The molecule has 1 aliphatic carbocycles. The molecule has 1 amide bonds. The summed E-state index contributed by atoms with van der Waals surface area (Å²) in [6.45, 7) is 8.13. The van der Waals surface area contributed by atoms with Gasteiger partial charge >= 0.3 is 5.97 Å². The molecule has 0 saturated carbocycles. The highest BCUT2D eigenvalue weighted by Gasteiger charge is 2.29. The van der Waals surface area contributed by atoms with Crippen LogP contribution in [-0.4, -0.2) is 25.6 Å². The maximum absolute atomic E-state index is 13.0. The third-order valence-corrected chi connectivity index (χ3v) is 7.25. The average Bonchev–Trinajstić information content (AvgIpc) is 3.47. The second kappa shape index (κ2) is 11.5. The van der Waals surface area contributed by atoms with Crippen LogP contribution < -0.4 is 14.8 Å². The highest BCUT2D eigenvalue weighted by Crippen LogP contribution is 2.40. The van der Waals surface area contributed by atoms with Crippen LogP contribution in [0.3, 0.4) is 0 Å². The highest BCUT2D eigenvalue weighted by atomic mass is 32.1. The minimum Gasteiger partial charge on any atom is -0.493 e. The van der Waals surface area contributed by atoms with Crippen LogP contribution in [0.2, 0.25) is 0 Å². The third-order valence-electron chi connectivity index (χ3n) is 6.08. The van der Waals surface area contributed by atoms with Gasteiger partial charge in [0.05, 0.1) is 19.3 Å². The molecule has 7 nitrogen and oxygen atoms in total. The Balaban J connectivity index is 1.46. The zero-order valence-electron chi connectivity index (χ0n) is 20.8. The van der Waals surface area contributed by atoms with Gasteiger partial charge in [0.15, 0.2) is 17.3 Å². The fraction of sp³-hybridized carbons (Fsp3) is 0.357. The molecule has 1 atom stereocenters. The smallest absolute Gasteiger partial charge is 0.341 e. The summed E-state index contributed by atoms with van der Waals surface area (Å²) in [7, 11) is 1.59. The lowest BCUT2D eigenvalue weighted by molar-refractivity contribution is 0.0526. The lowest BCUT2D eigenvalue weighted by atomic mass is 9.88. The van der Waals surface area contributed by atoms with Crippen LogP contribution in [0.4, 0.5) is 5.00 Å². The van der Waals surface area contributed by atoms with Crippen molar-refractivity contribution in [2.24, 2.45) is 5.92 Å². The summed E-state index contributed by atoms with van der Waals surface area (Å²) >= 11 is 1.45. The van der Waals surface area contributed by atoms with Crippen molar-refractivity contribution in [3.05, 3.63) is 76.1 Å². The van der Waals surface area contributed by atoms with Crippen molar-refractivity contribution in [3.8, 4) is 11.5 Å². The van der Waals surface area contributed by atoms with E-state index in [1.807, 2.05) is 24.3 Å². The van der Waals surface area contributed by atoms with Gasteiger partial charge in [-0.05, 0) is 73.9 Å². The number of ether oxygens (including phenoxy) is 3. The maximum atomic E-state index is 13.0. The van der Waals surface area contributed by atoms with Gasteiger partial charge in [0.25, 0.3) is 5.91 Å². The number of esters is 1. The van der Waals surface area contributed by atoms with E-state index in [2.05, 4.69) is 18.8 Å². The van der Waals surface area contributed by atoms with Gasteiger partial charge in [0, 0.05) is 4.88 Å². The van der Waals surface area contributed by atoms with Crippen LogP contribution in [-0.2, 0) is 30.6 Å². The van der Waals surface area contributed by atoms with Gasteiger partial charge in [-0.3, -0.25) is 4.79 Å². The molecule has 190 valence electrons. The molecule has 0 unspecified atom stereocenters. The number of carbonyl (C=O) groups excluding carboxylic acids is 2. The Kier molecular flexibility index (Phi) is 8.15. The van der Waals surface area contributed by atoms with Gasteiger partial charge in [0.1, 0.15) is 17.4 Å². The van der Waals surface area contributed by atoms with Crippen molar-refractivity contribution in [2.45, 2.75) is 46.1 Å². The number of hydrogen-bond donors (Lipinski definition) is 1. The summed E-state index contributed by atoms with van der Waals surface area (Å²) in [4.78, 5) is 26.8. The molecule has 0 spiro atoms. The number of thiophene rings is 1. The molecular formula is C28H31NO6S. The number of nitrogens with one attached hydrogen (secondary N) is 1. The SMILES string of the molecule is C=CCc1ccc(OCc2ccc(C(=O)Nc3sc4c(c3C(=O)OCC)CC[C@H](C)C4)o2)c(OC)c1. The van der Waals surface area contributed by atoms with E-state index in [1.165, 1.54) is 11.3 Å². The van der Waals surface area contributed by atoms with Crippen LogP contribution in [0.25, 0.3) is 0 Å². The Morgan fingerprint density at radius 1 is 1.25 bits per heavy atom. The molecule has 0 fully saturated rings. The topological polar surface area (TPSA) is 87.0 Å². The Bertz CT molecular complexity index is 1260. The first-order valence-corrected chi connectivity index (χ1v) is 12.9. The number of amides is 1. The molecule has 0 aliphatic heterocycles. The summed E-state index contributed by atoms with van der Waals surface area (Å²) in [5, 5.41) is 3.39. The van der Waals surface area contributed by atoms with Crippen molar-refractivity contribution >= 4 is 28.2 Å². The van der Waals surface area contributed by atoms with Gasteiger partial charge in [-0.25, -0.2) is 4.79 Å². The van der Waals surface area contributed by atoms with Crippen LogP contribution in [0.5, 0.6) is 11.5 Å². The normalized spacial score (nSPS) is 14.6. The van der Waals surface area contributed by atoms with E-state index in [4.69, 9.17) is 18.6 Å². The first-order valence-electron chi connectivity index (χ1n) is 12.1. The number of furan rings is 1. The fourth-order valence-corrected chi connectivity index (χ4v) is 5.67. The number of benzene rings is 1. The zero-order valence-corrected chi connectivity index (χ0v) is 21.7. The van der Waals surface area contributed by atoms with Crippen LogP contribution in [0.1, 0.15) is 62.9 Å². The van der Waals surface area contributed by atoms with E-state index < -0.39 is 11.9 Å². The van der Waals surface area contributed by atoms with Gasteiger partial charge < -0.3 is 23.9 Å². The summed E-state index contributed by atoms with van der Waals surface area (Å²) in [6, 6.07) is 8.98. The predicted molar refractivity (Wildman–Crippen MR) is 139 cm³/mol. The van der Waals surface area contributed by atoms with Crippen molar-refractivity contribution in [1.29, 1.82) is 0 Å². The third kappa shape index (κ3) is 5.65. The predicted octanol–water partition coefficient (Wildman–Crippen LogP) is 6.21. The van der Waals surface area contributed by atoms with E-state index in [0.717, 1.165) is 41.7 Å².